The van der Waals surface area contributed by atoms with E-state index in [4.69, 9.17) is 9.97 Å². The first-order valence-corrected chi connectivity index (χ1v) is 10.6. The molecule has 29 heavy (non-hydrogen) atoms. The van der Waals surface area contributed by atoms with Gasteiger partial charge in [0.15, 0.2) is 5.82 Å². The van der Waals surface area contributed by atoms with Crippen LogP contribution in [-0.2, 0) is 0 Å². The molecular weight excluding hydrogens is 358 g/mol. The van der Waals surface area contributed by atoms with Gasteiger partial charge in [-0.25, -0.2) is 9.97 Å². The SMILES string of the molecule is Cc1nc(N2C=CC=CC2CCN2CCCC2)c2[nH]c(-c3ccccc3)cc2n1. The fraction of sp³-hybridized carbons (Fsp3) is 0.333. The summed E-state index contributed by atoms with van der Waals surface area (Å²) >= 11 is 0. The molecule has 5 rings (SSSR count). The summed E-state index contributed by atoms with van der Waals surface area (Å²) in [5, 5.41) is 0. The number of nitrogens with zero attached hydrogens (tertiary/aromatic N) is 4. The molecule has 0 radical (unpaired) electrons. The molecule has 2 aliphatic rings. The predicted octanol–water partition coefficient (Wildman–Crippen LogP) is 4.68. The second kappa shape index (κ2) is 7.84. The lowest BCUT2D eigenvalue weighted by Gasteiger charge is -2.31. The van der Waals surface area contributed by atoms with E-state index in [0.717, 1.165) is 46.9 Å². The van der Waals surface area contributed by atoms with E-state index in [-0.39, 0.29) is 0 Å². The van der Waals surface area contributed by atoms with Crippen LogP contribution in [0.1, 0.15) is 25.1 Å². The molecule has 1 fully saturated rings. The molecule has 1 saturated heterocycles. The van der Waals surface area contributed by atoms with Crippen LogP contribution in [0.5, 0.6) is 0 Å². The molecule has 5 heteroatoms. The minimum Gasteiger partial charge on any atom is -0.350 e. The zero-order chi connectivity index (χ0) is 19.6. The third kappa shape index (κ3) is 3.70. The van der Waals surface area contributed by atoms with Gasteiger partial charge in [0.05, 0.1) is 11.6 Å². The van der Waals surface area contributed by atoms with Gasteiger partial charge in [-0.05, 0) is 57.0 Å². The number of benzene rings is 1. The van der Waals surface area contributed by atoms with Gasteiger partial charge in [-0.2, -0.15) is 0 Å². The maximum Gasteiger partial charge on any atom is 0.161 e. The van der Waals surface area contributed by atoms with Crippen molar-refractivity contribution in [2.75, 3.05) is 24.5 Å². The molecule has 2 aliphatic heterocycles. The Hall–Kier alpha value is -2.92. The van der Waals surface area contributed by atoms with Crippen molar-refractivity contribution in [3.63, 3.8) is 0 Å². The number of rotatable bonds is 5. The molecule has 1 unspecified atom stereocenters. The summed E-state index contributed by atoms with van der Waals surface area (Å²) in [5.74, 6) is 1.76. The molecule has 0 bridgehead atoms. The third-order valence-electron chi connectivity index (χ3n) is 5.89. The maximum absolute atomic E-state index is 4.85. The van der Waals surface area contributed by atoms with Gasteiger partial charge in [0, 0.05) is 18.4 Å². The van der Waals surface area contributed by atoms with Gasteiger partial charge in [0.25, 0.3) is 0 Å². The van der Waals surface area contributed by atoms with E-state index in [1.54, 1.807) is 0 Å². The number of likely N-dealkylation sites (tertiary alicyclic amines) is 1. The summed E-state index contributed by atoms with van der Waals surface area (Å²) in [4.78, 5) is 18.0. The minimum atomic E-state index is 0.307. The van der Waals surface area contributed by atoms with E-state index in [0.29, 0.717) is 6.04 Å². The van der Waals surface area contributed by atoms with Crippen molar-refractivity contribution in [1.82, 2.24) is 19.9 Å². The van der Waals surface area contributed by atoms with Crippen LogP contribution in [0.15, 0.2) is 60.8 Å². The number of aryl methyl sites for hydroxylation is 1. The number of hydrogen-bond acceptors (Lipinski definition) is 4. The molecule has 1 aromatic carbocycles. The number of allylic oxidation sites excluding steroid dienone is 2. The van der Waals surface area contributed by atoms with Gasteiger partial charge in [-0.1, -0.05) is 42.5 Å². The number of fused-ring (bicyclic) bond motifs is 1. The Morgan fingerprint density at radius 2 is 1.90 bits per heavy atom. The summed E-state index contributed by atoms with van der Waals surface area (Å²) in [6.07, 6.45) is 12.5. The van der Waals surface area contributed by atoms with E-state index in [9.17, 15) is 0 Å². The molecule has 0 saturated carbocycles. The van der Waals surface area contributed by atoms with Crippen LogP contribution >= 0.6 is 0 Å². The Bertz CT molecular complexity index is 1040. The molecule has 2 aromatic heterocycles. The van der Waals surface area contributed by atoms with Crippen LogP contribution in [-0.4, -0.2) is 45.5 Å². The lowest BCUT2D eigenvalue weighted by molar-refractivity contribution is 0.327. The predicted molar refractivity (Wildman–Crippen MR) is 119 cm³/mol. The number of aromatic amines is 1. The fourth-order valence-electron chi connectivity index (χ4n) is 4.39. The molecule has 0 spiro atoms. The second-order valence-corrected chi connectivity index (χ2v) is 7.94. The molecule has 1 N–H and O–H groups in total. The summed E-state index contributed by atoms with van der Waals surface area (Å²) in [6.45, 7) is 5.58. The van der Waals surface area contributed by atoms with E-state index in [1.807, 2.05) is 13.0 Å². The number of aromatic nitrogens is 3. The van der Waals surface area contributed by atoms with Crippen LogP contribution in [0.25, 0.3) is 22.3 Å². The van der Waals surface area contributed by atoms with E-state index >= 15 is 0 Å². The molecular formula is C24H27N5. The standard InChI is InChI=1S/C24H27N5/c1-18-25-22-17-21(19-9-3-2-4-10-19)27-23(22)24(26-18)29-15-6-5-11-20(29)12-16-28-13-7-8-14-28/h2-6,9-11,15,17,20,27H,7-8,12-14,16H2,1H3. The first kappa shape index (κ1) is 18.1. The highest BCUT2D eigenvalue weighted by Crippen LogP contribution is 2.31. The largest absolute Gasteiger partial charge is 0.350 e. The van der Waals surface area contributed by atoms with Crippen molar-refractivity contribution in [2.45, 2.75) is 32.2 Å². The van der Waals surface area contributed by atoms with Gasteiger partial charge in [-0.15, -0.1) is 0 Å². The summed E-state index contributed by atoms with van der Waals surface area (Å²) in [6, 6.07) is 12.8. The zero-order valence-corrected chi connectivity index (χ0v) is 16.9. The van der Waals surface area contributed by atoms with E-state index in [2.05, 4.69) is 69.5 Å². The average Bonchev–Trinajstić information content (AvgIpc) is 3.42. The zero-order valence-electron chi connectivity index (χ0n) is 16.9. The highest BCUT2D eigenvalue weighted by Gasteiger charge is 2.23. The monoisotopic (exact) mass is 385 g/mol. The number of nitrogens with one attached hydrogen (secondary N) is 1. The Morgan fingerprint density at radius 1 is 1.07 bits per heavy atom. The number of anilines is 1. The summed E-state index contributed by atoms with van der Waals surface area (Å²) < 4.78 is 0. The Labute approximate surface area is 171 Å². The highest BCUT2D eigenvalue weighted by atomic mass is 15.2. The smallest absolute Gasteiger partial charge is 0.161 e. The summed E-state index contributed by atoms with van der Waals surface area (Å²) in [7, 11) is 0. The molecule has 4 heterocycles. The Kier molecular flexibility index (Phi) is 4.90. The quantitative estimate of drug-likeness (QED) is 0.693. The Balaban J connectivity index is 1.49. The topological polar surface area (TPSA) is 48.1 Å². The van der Waals surface area contributed by atoms with Crippen LogP contribution in [0, 0.1) is 6.92 Å². The minimum absolute atomic E-state index is 0.307. The maximum atomic E-state index is 4.85. The highest BCUT2D eigenvalue weighted by molar-refractivity contribution is 5.91. The number of H-pyrrole nitrogens is 1. The molecule has 5 nitrogen and oxygen atoms in total. The Morgan fingerprint density at radius 3 is 2.72 bits per heavy atom. The van der Waals surface area contributed by atoms with Gasteiger partial charge < -0.3 is 14.8 Å². The van der Waals surface area contributed by atoms with Crippen LogP contribution in [0.2, 0.25) is 0 Å². The summed E-state index contributed by atoms with van der Waals surface area (Å²) in [5.41, 5.74) is 4.20. The van der Waals surface area contributed by atoms with Crippen molar-refractivity contribution in [2.24, 2.45) is 0 Å². The van der Waals surface area contributed by atoms with Gasteiger partial charge in [0.1, 0.15) is 11.3 Å². The van der Waals surface area contributed by atoms with E-state index in [1.165, 1.54) is 25.9 Å². The normalized spacial score (nSPS) is 19.5. The van der Waals surface area contributed by atoms with Gasteiger partial charge in [0.2, 0.25) is 0 Å². The third-order valence-corrected chi connectivity index (χ3v) is 5.89. The molecule has 148 valence electrons. The first-order chi connectivity index (χ1) is 14.3. The number of hydrogen-bond donors (Lipinski definition) is 1. The molecule has 0 amide bonds. The van der Waals surface area contributed by atoms with Crippen molar-refractivity contribution in [3.8, 4) is 11.3 Å². The molecule has 1 atom stereocenters. The van der Waals surface area contributed by atoms with Crippen molar-refractivity contribution < 1.29 is 0 Å². The second-order valence-electron chi connectivity index (χ2n) is 7.94. The lowest BCUT2D eigenvalue weighted by atomic mass is 10.1. The fourth-order valence-corrected chi connectivity index (χ4v) is 4.39. The lowest BCUT2D eigenvalue weighted by Crippen LogP contribution is -2.35. The van der Waals surface area contributed by atoms with Crippen LogP contribution in [0.3, 0.4) is 0 Å². The van der Waals surface area contributed by atoms with Crippen molar-refractivity contribution in [1.29, 1.82) is 0 Å². The molecule has 3 aromatic rings. The van der Waals surface area contributed by atoms with Crippen LogP contribution in [0.4, 0.5) is 5.82 Å². The van der Waals surface area contributed by atoms with E-state index < -0.39 is 0 Å². The van der Waals surface area contributed by atoms with Crippen LogP contribution < -0.4 is 4.90 Å². The van der Waals surface area contributed by atoms with Gasteiger partial charge in [-0.3, -0.25) is 0 Å². The van der Waals surface area contributed by atoms with Crippen molar-refractivity contribution >= 4 is 16.9 Å². The average molecular weight is 386 g/mol. The molecule has 0 aliphatic carbocycles. The first-order valence-electron chi connectivity index (χ1n) is 10.6. The van der Waals surface area contributed by atoms with Gasteiger partial charge >= 0.3 is 0 Å². The van der Waals surface area contributed by atoms with Crippen molar-refractivity contribution in [3.05, 3.63) is 66.7 Å².